The molecule has 0 bridgehead atoms. The van der Waals surface area contributed by atoms with Gasteiger partial charge in [0.1, 0.15) is 5.69 Å². The Morgan fingerprint density at radius 3 is 2.53 bits per heavy atom. The Morgan fingerprint density at radius 1 is 1.35 bits per heavy atom. The highest BCUT2D eigenvalue weighted by Gasteiger charge is 2.26. The highest BCUT2D eigenvalue weighted by atomic mass is 16.2. The monoisotopic (exact) mass is 235 g/mol. The quantitative estimate of drug-likeness (QED) is 0.786. The summed E-state index contributed by atoms with van der Waals surface area (Å²) < 4.78 is 0. The van der Waals surface area contributed by atoms with Gasteiger partial charge in [0.2, 0.25) is 0 Å². The van der Waals surface area contributed by atoms with E-state index < -0.39 is 0 Å². The van der Waals surface area contributed by atoms with Gasteiger partial charge in [-0.15, -0.1) is 0 Å². The Hall–Kier alpha value is -1.65. The Bertz CT molecular complexity index is 439. The third-order valence-electron chi connectivity index (χ3n) is 3.05. The second-order valence-corrected chi connectivity index (χ2v) is 4.96. The molecule has 2 atom stereocenters. The zero-order valence-electron chi connectivity index (χ0n) is 10.1. The number of nitrogens with zero attached hydrogens (tertiary/aromatic N) is 2. The number of likely N-dealkylation sites (tertiary alicyclic amines) is 1. The van der Waals surface area contributed by atoms with Gasteiger partial charge in [0.25, 0.3) is 11.5 Å². The molecular formula is C12H17N3O2. The summed E-state index contributed by atoms with van der Waals surface area (Å²) in [6.07, 6.45) is 1.16. The smallest absolute Gasteiger partial charge is 0.274 e. The topological polar surface area (TPSA) is 66.1 Å². The number of aromatic nitrogens is 2. The zero-order chi connectivity index (χ0) is 12.4. The van der Waals surface area contributed by atoms with Crippen LogP contribution in [0, 0.1) is 11.8 Å². The largest absolute Gasteiger partial charge is 0.337 e. The lowest BCUT2D eigenvalue weighted by molar-refractivity contribution is 0.0616. The lowest BCUT2D eigenvalue weighted by atomic mass is 9.92. The van der Waals surface area contributed by atoms with Crippen LogP contribution in [0.3, 0.4) is 0 Å². The van der Waals surface area contributed by atoms with Gasteiger partial charge in [-0.2, -0.15) is 5.10 Å². The van der Waals surface area contributed by atoms with Crippen molar-refractivity contribution in [2.45, 2.75) is 20.3 Å². The Labute approximate surface area is 99.8 Å². The van der Waals surface area contributed by atoms with Crippen LogP contribution in [0.5, 0.6) is 0 Å². The van der Waals surface area contributed by atoms with Crippen molar-refractivity contribution in [1.29, 1.82) is 0 Å². The summed E-state index contributed by atoms with van der Waals surface area (Å²) in [5.74, 6) is 0.940. The first-order valence-corrected chi connectivity index (χ1v) is 5.91. The minimum Gasteiger partial charge on any atom is -0.337 e. The molecule has 1 fully saturated rings. The number of carbonyl (C=O) groups excluding carboxylic acids is 1. The Kier molecular flexibility index (Phi) is 3.26. The minimum absolute atomic E-state index is 0.0975. The summed E-state index contributed by atoms with van der Waals surface area (Å²) in [7, 11) is 0. The van der Waals surface area contributed by atoms with Gasteiger partial charge in [0.05, 0.1) is 0 Å². The molecule has 0 radical (unpaired) electrons. The van der Waals surface area contributed by atoms with Crippen molar-refractivity contribution in [3.63, 3.8) is 0 Å². The predicted octanol–water partition coefficient (Wildman–Crippen LogP) is 0.888. The number of H-pyrrole nitrogens is 1. The second-order valence-electron chi connectivity index (χ2n) is 4.96. The van der Waals surface area contributed by atoms with Gasteiger partial charge >= 0.3 is 0 Å². The average molecular weight is 235 g/mol. The summed E-state index contributed by atoms with van der Waals surface area (Å²) in [4.78, 5) is 24.8. The van der Waals surface area contributed by atoms with E-state index in [2.05, 4.69) is 24.0 Å². The molecular weight excluding hydrogens is 218 g/mol. The van der Waals surface area contributed by atoms with Gasteiger partial charge < -0.3 is 4.90 Å². The van der Waals surface area contributed by atoms with E-state index in [-0.39, 0.29) is 11.5 Å². The van der Waals surface area contributed by atoms with Crippen LogP contribution < -0.4 is 5.56 Å². The van der Waals surface area contributed by atoms with Crippen LogP contribution >= 0.6 is 0 Å². The van der Waals surface area contributed by atoms with Crippen molar-refractivity contribution in [3.8, 4) is 0 Å². The summed E-state index contributed by atoms with van der Waals surface area (Å²) in [6.45, 7) is 5.83. The number of nitrogens with one attached hydrogen (secondary N) is 1. The van der Waals surface area contributed by atoms with Crippen LogP contribution in [-0.4, -0.2) is 34.1 Å². The van der Waals surface area contributed by atoms with Gasteiger partial charge in [-0.05, 0) is 24.3 Å². The number of piperidine rings is 1. The third-order valence-corrected chi connectivity index (χ3v) is 3.05. The Balaban J connectivity index is 2.14. The molecule has 0 saturated carbocycles. The summed E-state index contributed by atoms with van der Waals surface area (Å²) in [5.41, 5.74) is 0.0211. The van der Waals surface area contributed by atoms with Gasteiger partial charge in [0, 0.05) is 19.2 Å². The van der Waals surface area contributed by atoms with E-state index in [4.69, 9.17) is 0 Å². The highest BCUT2D eigenvalue weighted by molar-refractivity contribution is 5.92. The fourth-order valence-corrected chi connectivity index (χ4v) is 2.45. The van der Waals surface area contributed by atoms with Crippen LogP contribution in [0.15, 0.2) is 16.9 Å². The van der Waals surface area contributed by atoms with Crippen molar-refractivity contribution in [2.24, 2.45) is 11.8 Å². The van der Waals surface area contributed by atoms with Gasteiger partial charge in [-0.1, -0.05) is 13.8 Å². The molecule has 92 valence electrons. The van der Waals surface area contributed by atoms with E-state index in [1.165, 1.54) is 12.1 Å². The van der Waals surface area contributed by atoms with E-state index in [1.54, 1.807) is 0 Å². The average Bonchev–Trinajstić information content (AvgIpc) is 2.28. The molecule has 17 heavy (non-hydrogen) atoms. The highest BCUT2D eigenvalue weighted by Crippen LogP contribution is 2.21. The number of amides is 1. The maximum Gasteiger partial charge on any atom is 0.274 e. The van der Waals surface area contributed by atoms with Crippen LogP contribution in [0.4, 0.5) is 0 Å². The maximum absolute atomic E-state index is 12.1. The van der Waals surface area contributed by atoms with Crippen molar-refractivity contribution in [3.05, 3.63) is 28.2 Å². The molecule has 0 spiro atoms. The first-order valence-electron chi connectivity index (χ1n) is 5.91. The van der Waals surface area contributed by atoms with E-state index in [9.17, 15) is 9.59 Å². The number of aromatic amines is 1. The number of hydrogen-bond acceptors (Lipinski definition) is 3. The molecule has 0 aromatic carbocycles. The summed E-state index contributed by atoms with van der Waals surface area (Å²) >= 11 is 0. The molecule has 1 aliphatic rings. The molecule has 0 aliphatic carbocycles. The first-order chi connectivity index (χ1) is 8.06. The number of rotatable bonds is 1. The van der Waals surface area contributed by atoms with E-state index in [0.717, 1.165) is 19.5 Å². The Morgan fingerprint density at radius 2 is 2.00 bits per heavy atom. The molecule has 5 heteroatoms. The first kappa shape index (κ1) is 11.8. The molecule has 2 rings (SSSR count). The second kappa shape index (κ2) is 4.69. The molecule has 0 unspecified atom stereocenters. The molecule has 1 aromatic rings. The van der Waals surface area contributed by atoms with E-state index in [0.29, 0.717) is 17.5 Å². The molecule has 1 saturated heterocycles. The zero-order valence-corrected chi connectivity index (χ0v) is 10.1. The molecule has 1 aliphatic heterocycles. The molecule has 2 heterocycles. The normalized spacial score (nSPS) is 24.7. The third kappa shape index (κ3) is 2.72. The van der Waals surface area contributed by atoms with Crippen LogP contribution in [-0.2, 0) is 0 Å². The van der Waals surface area contributed by atoms with Crippen molar-refractivity contribution < 1.29 is 4.79 Å². The van der Waals surface area contributed by atoms with Crippen LogP contribution in [0.2, 0.25) is 0 Å². The van der Waals surface area contributed by atoms with Crippen LogP contribution in [0.1, 0.15) is 30.8 Å². The molecule has 1 N–H and O–H groups in total. The molecule has 1 aromatic heterocycles. The fourth-order valence-electron chi connectivity index (χ4n) is 2.45. The van der Waals surface area contributed by atoms with Crippen molar-refractivity contribution >= 4 is 5.91 Å². The summed E-state index contributed by atoms with van der Waals surface area (Å²) in [6, 6.07) is 2.81. The van der Waals surface area contributed by atoms with E-state index in [1.807, 2.05) is 4.90 Å². The summed E-state index contributed by atoms with van der Waals surface area (Å²) in [5, 5.41) is 6.06. The van der Waals surface area contributed by atoms with Crippen molar-refractivity contribution in [2.75, 3.05) is 13.1 Å². The van der Waals surface area contributed by atoms with E-state index >= 15 is 0 Å². The minimum atomic E-state index is -0.290. The van der Waals surface area contributed by atoms with Gasteiger partial charge in [-0.25, -0.2) is 5.10 Å². The lowest BCUT2D eigenvalue weighted by Crippen LogP contribution is -2.43. The van der Waals surface area contributed by atoms with Gasteiger partial charge in [-0.3, -0.25) is 9.59 Å². The number of carbonyl (C=O) groups is 1. The standard InChI is InChI=1S/C12H17N3O2/c1-8-5-9(2)7-15(6-8)12(17)10-3-4-11(16)14-13-10/h3-4,8-9H,5-7H2,1-2H3,(H,14,16)/t8-,9-/m0/s1. The number of hydrogen-bond donors (Lipinski definition) is 1. The maximum atomic E-state index is 12.1. The lowest BCUT2D eigenvalue weighted by Gasteiger charge is -2.34. The predicted molar refractivity (Wildman–Crippen MR) is 63.7 cm³/mol. The molecule has 1 amide bonds. The van der Waals surface area contributed by atoms with Crippen LogP contribution in [0.25, 0.3) is 0 Å². The van der Waals surface area contributed by atoms with Gasteiger partial charge in [0.15, 0.2) is 0 Å². The molecule has 5 nitrogen and oxygen atoms in total. The fraction of sp³-hybridized carbons (Fsp3) is 0.583. The van der Waals surface area contributed by atoms with Crippen molar-refractivity contribution in [1.82, 2.24) is 15.1 Å². The SMILES string of the molecule is C[C@H]1C[C@H](C)CN(C(=O)c2ccc(=O)[nH]n2)C1.